The Morgan fingerprint density at radius 2 is 1.35 bits per heavy atom. The Kier molecular flexibility index (Phi) is 11.4. The van der Waals surface area contributed by atoms with E-state index >= 15 is 0 Å². The van der Waals surface area contributed by atoms with Crippen LogP contribution in [0.25, 0.3) is 0 Å². The lowest BCUT2D eigenvalue weighted by Gasteiger charge is -2.44. The second kappa shape index (κ2) is 16.0. The molecule has 5 rings (SSSR count). The quantitative estimate of drug-likeness (QED) is 0.0487. The van der Waals surface area contributed by atoms with Crippen LogP contribution in [-0.2, 0) is 40.5 Å². The number of amides is 1. The Morgan fingerprint density at radius 1 is 0.833 bits per heavy atom. The van der Waals surface area contributed by atoms with E-state index in [-0.39, 0.29) is 26.3 Å². The predicted molar refractivity (Wildman–Crippen MR) is 182 cm³/mol. The van der Waals surface area contributed by atoms with E-state index in [9.17, 15) is 10.0 Å². The van der Waals surface area contributed by atoms with Crippen molar-refractivity contribution in [2.24, 2.45) is 0 Å². The van der Waals surface area contributed by atoms with E-state index in [1.165, 1.54) is 6.21 Å². The Hall–Kier alpha value is -5.30. The standard InChI is InChI=1S/C39H40N2O7/c1-5-36(46-27-32-16-20-34(44-3)21-17-32)39(29(2)48-38(42)41(39)25-31-14-10-7-11-15-31)37(26-40(43)24-30-12-8-6-9-13-30)47-28-33-18-22-35(45-4)23-19-33/h1,6-23,26,29,36-37H,24-25,27-28H2,2-4H3/b40-26-/t29-,36-,37-,39+/m1/s1. The van der Waals surface area contributed by atoms with Crippen LogP contribution in [0.2, 0.25) is 0 Å². The molecule has 0 aliphatic carbocycles. The van der Waals surface area contributed by atoms with Crippen molar-refractivity contribution >= 4 is 12.3 Å². The van der Waals surface area contributed by atoms with E-state index in [1.54, 1.807) is 26.0 Å². The number of ether oxygens (including phenoxy) is 5. The molecule has 1 amide bonds. The van der Waals surface area contributed by atoms with Crippen molar-refractivity contribution in [2.45, 2.75) is 57.1 Å². The molecule has 1 aliphatic heterocycles. The number of hydroxylamine groups is 1. The van der Waals surface area contributed by atoms with E-state index < -0.39 is 29.9 Å². The smallest absolute Gasteiger partial charge is 0.411 e. The molecule has 4 aromatic carbocycles. The van der Waals surface area contributed by atoms with Crippen LogP contribution >= 0.6 is 0 Å². The van der Waals surface area contributed by atoms with Crippen LogP contribution in [0.3, 0.4) is 0 Å². The minimum Gasteiger partial charge on any atom is -0.624 e. The molecular formula is C39H40N2O7. The molecule has 0 spiro atoms. The zero-order valence-electron chi connectivity index (χ0n) is 27.4. The Bertz CT molecular complexity index is 1690. The largest absolute Gasteiger partial charge is 0.624 e. The number of nitrogens with zero attached hydrogens (tertiary/aromatic N) is 2. The monoisotopic (exact) mass is 648 g/mol. The molecule has 48 heavy (non-hydrogen) atoms. The van der Waals surface area contributed by atoms with Gasteiger partial charge < -0.3 is 28.9 Å². The molecule has 4 atom stereocenters. The van der Waals surface area contributed by atoms with Gasteiger partial charge in [-0.3, -0.25) is 4.90 Å². The summed E-state index contributed by atoms with van der Waals surface area (Å²) in [5.41, 5.74) is 1.86. The van der Waals surface area contributed by atoms with Gasteiger partial charge >= 0.3 is 6.09 Å². The molecule has 0 N–H and O–H groups in total. The third kappa shape index (κ3) is 7.80. The first-order valence-electron chi connectivity index (χ1n) is 15.7. The summed E-state index contributed by atoms with van der Waals surface area (Å²) >= 11 is 0. The van der Waals surface area contributed by atoms with Crippen molar-refractivity contribution in [3.8, 4) is 23.8 Å². The molecule has 1 saturated heterocycles. The number of rotatable bonds is 15. The number of methoxy groups -OCH3 is 2. The molecule has 0 saturated carbocycles. The van der Waals surface area contributed by atoms with Gasteiger partial charge in [0.05, 0.1) is 34.0 Å². The zero-order chi connectivity index (χ0) is 33.9. The highest BCUT2D eigenvalue weighted by molar-refractivity contribution is 5.76. The Balaban J connectivity index is 1.59. The summed E-state index contributed by atoms with van der Waals surface area (Å²) < 4.78 is 30.5. The first kappa shape index (κ1) is 34.0. The summed E-state index contributed by atoms with van der Waals surface area (Å²) in [5, 5.41) is 13.7. The summed E-state index contributed by atoms with van der Waals surface area (Å²) in [6.45, 7) is 2.17. The number of carbonyl (C=O) groups excluding carboxylic acids is 1. The third-order valence-electron chi connectivity index (χ3n) is 8.47. The molecule has 4 aromatic rings. The normalized spacial score (nSPS) is 18.9. The van der Waals surface area contributed by atoms with Gasteiger partial charge in [0.1, 0.15) is 23.7 Å². The lowest BCUT2D eigenvalue weighted by atomic mass is 9.80. The van der Waals surface area contributed by atoms with Crippen LogP contribution in [0.15, 0.2) is 109 Å². The van der Waals surface area contributed by atoms with Gasteiger partial charge in [-0.15, -0.1) is 6.42 Å². The molecule has 9 nitrogen and oxygen atoms in total. The fraction of sp³-hybridized carbons (Fsp3) is 0.282. The second-order valence-corrected chi connectivity index (χ2v) is 11.5. The van der Waals surface area contributed by atoms with Crippen LogP contribution in [0.4, 0.5) is 4.79 Å². The molecule has 0 unspecified atom stereocenters. The highest BCUT2D eigenvalue weighted by Crippen LogP contribution is 2.41. The third-order valence-corrected chi connectivity index (χ3v) is 8.47. The zero-order valence-corrected chi connectivity index (χ0v) is 27.4. The van der Waals surface area contributed by atoms with Crippen LogP contribution in [0, 0.1) is 17.6 Å². The van der Waals surface area contributed by atoms with E-state index in [1.807, 2.05) is 109 Å². The van der Waals surface area contributed by atoms with Crippen molar-refractivity contribution in [1.29, 1.82) is 0 Å². The molecule has 1 heterocycles. The van der Waals surface area contributed by atoms with Gasteiger partial charge in [0.2, 0.25) is 0 Å². The number of terminal acetylenes is 1. The number of carbonyl (C=O) groups is 1. The number of hydrogen-bond acceptors (Lipinski definition) is 7. The van der Waals surface area contributed by atoms with E-state index in [0.29, 0.717) is 11.5 Å². The Morgan fingerprint density at radius 3 is 1.88 bits per heavy atom. The van der Waals surface area contributed by atoms with Crippen LogP contribution in [-0.4, -0.2) is 60.0 Å². The topological polar surface area (TPSA) is 92.5 Å². The maximum atomic E-state index is 13.8. The molecule has 0 radical (unpaired) electrons. The van der Waals surface area contributed by atoms with Gasteiger partial charge in [0.25, 0.3) is 0 Å². The fourth-order valence-corrected chi connectivity index (χ4v) is 5.93. The summed E-state index contributed by atoms with van der Waals surface area (Å²) in [6, 6.07) is 33.7. The van der Waals surface area contributed by atoms with Gasteiger partial charge in [-0.25, -0.2) is 9.53 Å². The number of benzene rings is 4. The molecule has 0 aromatic heterocycles. The predicted octanol–water partition coefficient (Wildman–Crippen LogP) is 6.37. The molecular weight excluding hydrogens is 608 g/mol. The van der Waals surface area contributed by atoms with Crippen molar-refractivity contribution < 1.29 is 33.2 Å². The van der Waals surface area contributed by atoms with E-state index in [0.717, 1.165) is 27.0 Å². The van der Waals surface area contributed by atoms with Crippen LogP contribution in [0.5, 0.6) is 11.5 Å². The lowest BCUT2D eigenvalue weighted by molar-refractivity contribution is -0.473. The summed E-state index contributed by atoms with van der Waals surface area (Å²) in [4.78, 5) is 15.3. The van der Waals surface area contributed by atoms with Crippen molar-refractivity contribution in [2.75, 3.05) is 14.2 Å². The van der Waals surface area contributed by atoms with E-state index in [2.05, 4.69) is 5.92 Å². The van der Waals surface area contributed by atoms with Crippen molar-refractivity contribution in [3.05, 3.63) is 137 Å². The second-order valence-electron chi connectivity index (χ2n) is 11.5. The van der Waals surface area contributed by atoms with Gasteiger partial charge in [-0.05, 0) is 47.9 Å². The lowest BCUT2D eigenvalue weighted by Crippen LogP contribution is -2.67. The average Bonchev–Trinajstić information content (AvgIpc) is 3.36. The molecule has 0 bridgehead atoms. The average molecular weight is 649 g/mol. The first-order valence-corrected chi connectivity index (χ1v) is 15.7. The summed E-state index contributed by atoms with van der Waals surface area (Å²) in [5.74, 6) is 4.21. The summed E-state index contributed by atoms with van der Waals surface area (Å²) in [7, 11) is 3.20. The Labute approximate surface area is 281 Å². The molecule has 1 aliphatic rings. The molecule has 9 heteroatoms. The number of hydrogen-bond donors (Lipinski definition) is 0. The van der Waals surface area contributed by atoms with Gasteiger partial charge in [-0.2, -0.15) is 0 Å². The fourth-order valence-electron chi connectivity index (χ4n) is 5.93. The minimum absolute atomic E-state index is 0.0502. The van der Waals surface area contributed by atoms with Crippen molar-refractivity contribution in [3.63, 3.8) is 0 Å². The molecule has 1 fully saturated rings. The molecule has 248 valence electrons. The van der Waals surface area contributed by atoms with E-state index in [4.69, 9.17) is 30.1 Å². The summed E-state index contributed by atoms with van der Waals surface area (Å²) in [6.07, 6.45) is 4.16. The van der Waals surface area contributed by atoms with Crippen LogP contribution < -0.4 is 9.47 Å². The maximum absolute atomic E-state index is 13.8. The van der Waals surface area contributed by atoms with Crippen LogP contribution in [0.1, 0.15) is 29.2 Å². The first-order chi connectivity index (χ1) is 23.4. The highest BCUT2D eigenvalue weighted by atomic mass is 16.6. The minimum atomic E-state index is -1.46. The van der Waals surface area contributed by atoms with Gasteiger partial charge in [0.15, 0.2) is 24.4 Å². The highest BCUT2D eigenvalue weighted by Gasteiger charge is 2.64. The van der Waals surface area contributed by atoms with Crippen molar-refractivity contribution in [1.82, 2.24) is 4.90 Å². The van der Waals surface area contributed by atoms with Gasteiger partial charge in [0, 0.05) is 5.56 Å². The number of cyclic esters (lactones) is 1. The van der Waals surface area contributed by atoms with Gasteiger partial charge in [-0.1, -0.05) is 90.8 Å². The maximum Gasteiger partial charge on any atom is 0.411 e. The SMILES string of the molecule is C#C[C@@H](OCc1ccc(OC)cc1)[C@]1([C@@H](/C=[N+](\[O-])Cc2ccccc2)OCc2ccc(OC)cc2)[C@@H](C)OC(=O)N1Cc1ccccc1.